The number of carbonyl (C=O) groups is 1. The van der Waals surface area contributed by atoms with Crippen molar-refractivity contribution in [2.45, 2.75) is 13.0 Å². The van der Waals surface area contributed by atoms with Crippen LogP contribution in [0, 0.1) is 10.1 Å². The number of likely N-dealkylation sites (N-methyl/N-ethyl adjacent to an activating group) is 1. The van der Waals surface area contributed by atoms with Crippen LogP contribution in [0.4, 0.5) is 5.69 Å². The molecule has 0 fully saturated rings. The van der Waals surface area contributed by atoms with Crippen LogP contribution in [0.3, 0.4) is 0 Å². The third-order valence-electron chi connectivity index (χ3n) is 2.93. The van der Waals surface area contributed by atoms with Crippen LogP contribution in [0.1, 0.15) is 11.4 Å². The number of nitrogens with zero attached hydrogens (tertiary/aromatic N) is 3. The maximum atomic E-state index is 11.4. The maximum Gasteiger partial charge on any atom is 0.273 e. The lowest BCUT2D eigenvalue weighted by molar-refractivity contribution is -0.385. The Bertz CT molecular complexity index is 636. The minimum atomic E-state index is -0.415. The molecule has 2 rings (SSSR count). The second kappa shape index (κ2) is 5.96. The summed E-state index contributed by atoms with van der Waals surface area (Å²) < 4.78 is 1.68. The van der Waals surface area contributed by atoms with E-state index in [-0.39, 0.29) is 18.1 Å². The maximum absolute atomic E-state index is 11.4. The van der Waals surface area contributed by atoms with Gasteiger partial charge in [0.05, 0.1) is 4.92 Å². The number of nitro benzene ring substituents is 1. The van der Waals surface area contributed by atoms with E-state index in [9.17, 15) is 14.9 Å². The number of nitro groups is 1. The van der Waals surface area contributed by atoms with Crippen molar-refractivity contribution in [3.05, 3.63) is 58.2 Å². The number of benzene rings is 1. The Balaban J connectivity index is 2.25. The Morgan fingerprint density at radius 2 is 2.20 bits per heavy atom. The monoisotopic (exact) mass is 274 g/mol. The highest BCUT2D eigenvalue weighted by molar-refractivity contribution is 5.75. The number of carbonyl (C=O) groups excluding carboxylic acids is 1. The summed E-state index contributed by atoms with van der Waals surface area (Å²) in [6.45, 7) is 0.145. The van der Waals surface area contributed by atoms with Gasteiger partial charge in [-0.3, -0.25) is 14.9 Å². The molecule has 7 nitrogen and oxygen atoms in total. The molecule has 7 heteroatoms. The first-order valence-electron chi connectivity index (χ1n) is 6.04. The summed E-state index contributed by atoms with van der Waals surface area (Å²) in [4.78, 5) is 26.1. The number of nitrogens with one attached hydrogen (secondary N) is 1. The summed E-state index contributed by atoms with van der Waals surface area (Å²) in [5.41, 5.74) is 0.629. The molecule has 1 amide bonds. The largest absolute Gasteiger partial charge is 0.358 e. The zero-order valence-electron chi connectivity index (χ0n) is 10.9. The number of hydrogen-bond acceptors (Lipinski definition) is 4. The van der Waals surface area contributed by atoms with Gasteiger partial charge >= 0.3 is 0 Å². The van der Waals surface area contributed by atoms with Gasteiger partial charge in [0, 0.05) is 37.5 Å². The van der Waals surface area contributed by atoms with E-state index in [2.05, 4.69) is 10.3 Å². The van der Waals surface area contributed by atoms with E-state index in [1.807, 2.05) is 0 Å². The average molecular weight is 274 g/mol. The van der Waals surface area contributed by atoms with Gasteiger partial charge in [-0.2, -0.15) is 0 Å². The van der Waals surface area contributed by atoms with Crippen molar-refractivity contribution < 1.29 is 9.72 Å². The van der Waals surface area contributed by atoms with E-state index in [1.54, 1.807) is 42.2 Å². The zero-order chi connectivity index (χ0) is 14.5. The minimum Gasteiger partial charge on any atom is -0.358 e. The van der Waals surface area contributed by atoms with E-state index >= 15 is 0 Å². The lowest BCUT2D eigenvalue weighted by Gasteiger charge is -2.07. The lowest BCUT2D eigenvalue weighted by Crippen LogP contribution is -2.24. The molecule has 0 saturated carbocycles. The molecule has 0 radical (unpaired) electrons. The number of amides is 1. The first kappa shape index (κ1) is 13.7. The first-order valence-corrected chi connectivity index (χ1v) is 6.04. The lowest BCUT2D eigenvalue weighted by atomic mass is 10.1. The Morgan fingerprint density at radius 3 is 2.90 bits per heavy atom. The summed E-state index contributed by atoms with van der Waals surface area (Å²) in [6.07, 6.45) is 3.56. The summed E-state index contributed by atoms with van der Waals surface area (Å²) in [7, 11) is 1.56. The fraction of sp³-hybridized carbons (Fsp3) is 0.231. The van der Waals surface area contributed by atoms with Crippen LogP contribution < -0.4 is 5.32 Å². The topological polar surface area (TPSA) is 90.1 Å². The van der Waals surface area contributed by atoms with Crippen LogP contribution in [0.5, 0.6) is 0 Å². The molecule has 1 aromatic carbocycles. The van der Waals surface area contributed by atoms with Crippen molar-refractivity contribution in [1.82, 2.24) is 14.9 Å². The molecule has 0 spiro atoms. The predicted molar refractivity (Wildman–Crippen MR) is 72.2 cm³/mol. The number of hydrogen-bond donors (Lipinski definition) is 1. The summed E-state index contributed by atoms with van der Waals surface area (Å²) in [5, 5.41) is 13.5. The van der Waals surface area contributed by atoms with Crippen molar-refractivity contribution in [1.29, 1.82) is 0 Å². The molecule has 0 aliphatic carbocycles. The van der Waals surface area contributed by atoms with E-state index in [4.69, 9.17) is 0 Å². The van der Waals surface area contributed by atoms with Crippen LogP contribution in [0.15, 0.2) is 36.7 Å². The minimum absolute atomic E-state index is 0.0574. The van der Waals surface area contributed by atoms with E-state index in [1.165, 1.54) is 6.07 Å². The quantitative estimate of drug-likeness (QED) is 0.653. The smallest absolute Gasteiger partial charge is 0.273 e. The highest BCUT2D eigenvalue weighted by Crippen LogP contribution is 2.20. The number of para-hydroxylation sites is 1. The highest BCUT2D eigenvalue weighted by atomic mass is 16.6. The molecule has 1 heterocycles. The normalized spacial score (nSPS) is 10.2. The van der Waals surface area contributed by atoms with Crippen LogP contribution in [0.25, 0.3) is 0 Å². The van der Waals surface area contributed by atoms with Gasteiger partial charge in [-0.1, -0.05) is 18.2 Å². The number of aromatic nitrogens is 2. The predicted octanol–water partition coefficient (Wildman–Crippen LogP) is 1.13. The standard InChI is InChI=1S/C13H14N4O3/c1-14-13(18)9-16-7-6-15-12(16)8-10-4-2-3-5-11(10)17(19)20/h2-7H,8-9H2,1H3,(H,14,18). The van der Waals surface area contributed by atoms with E-state index in [0.717, 1.165) is 0 Å². The first-order chi connectivity index (χ1) is 9.61. The fourth-order valence-corrected chi connectivity index (χ4v) is 1.89. The Hall–Kier alpha value is -2.70. The SMILES string of the molecule is CNC(=O)Cn1ccnc1Cc1ccccc1[N+](=O)[O-]. The van der Waals surface area contributed by atoms with E-state index in [0.29, 0.717) is 17.8 Å². The molecule has 0 atom stereocenters. The van der Waals surface area contributed by atoms with Gasteiger partial charge in [0.2, 0.25) is 5.91 Å². The van der Waals surface area contributed by atoms with Gasteiger partial charge in [0.25, 0.3) is 5.69 Å². The third-order valence-corrected chi connectivity index (χ3v) is 2.93. The zero-order valence-corrected chi connectivity index (χ0v) is 10.9. The molecule has 2 aromatic rings. The van der Waals surface area contributed by atoms with Crippen LogP contribution in [-0.2, 0) is 17.8 Å². The highest BCUT2D eigenvalue weighted by Gasteiger charge is 2.15. The molecule has 1 aromatic heterocycles. The van der Waals surface area contributed by atoms with Gasteiger partial charge in [0.1, 0.15) is 12.4 Å². The summed E-state index contributed by atoms with van der Waals surface area (Å²) in [6, 6.07) is 6.52. The Morgan fingerprint density at radius 1 is 1.45 bits per heavy atom. The average Bonchev–Trinajstić information content (AvgIpc) is 2.86. The molecular weight excluding hydrogens is 260 g/mol. The fourth-order valence-electron chi connectivity index (χ4n) is 1.89. The van der Waals surface area contributed by atoms with Gasteiger partial charge in [-0.05, 0) is 0 Å². The van der Waals surface area contributed by atoms with Gasteiger partial charge in [-0.15, -0.1) is 0 Å². The van der Waals surface area contributed by atoms with E-state index < -0.39 is 4.92 Å². The van der Waals surface area contributed by atoms with Gasteiger partial charge in [-0.25, -0.2) is 4.98 Å². The second-order valence-corrected chi connectivity index (χ2v) is 4.21. The van der Waals surface area contributed by atoms with Crippen molar-refractivity contribution in [2.75, 3.05) is 7.05 Å². The van der Waals surface area contributed by atoms with Gasteiger partial charge in [0.15, 0.2) is 0 Å². The third kappa shape index (κ3) is 3.00. The van der Waals surface area contributed by atoms with Crippen molar-refractivity contribution >= 4 is 11.6 Å². The molecule has 0 unspecified atom stereocenters. The molecule has 0 aliphatic rings. The molecule has 0 aliphatic heterocycles. The Labute approximate surface area is 115 Å². The molecule has 1 N–H and O–H groups in total. The van der Waals surface area contributed by atoms with Crippen LogP contribution in [0.2, 0.25) is 0 Å². The van der Waals surface area contributed by atoms with Crippen LogP contribution >= 0.6 is 0 Å². The van der Waals surface area contributed by atoms with Gasteiger partial charge < -0.3 is 9.88 Å². The second-order valence-electron chi connectivity index (χ2n) is 4.21. The van der Waals surface area contributed by atoms with Crippen molar-refractivity contribution in [2.24, 2.45) is 0 Å². The van der Waals surface area contributed by atoms with Crippen molar-refractivity contribution in [3.63, 3.8) is 0 Å². The van der Waals surface area contributed by atoms with Crippen molar-refractivity contribution in [3.8, 4) is 0 Å². The summed E-state index contributed by atoms with van der Waals surface area (Å²) >= 11 is 0. The molecule has 104 valence electrons. The number of imidazole rings is 1. The molecule has 20 heavy (non-hydrogen) atoms. The van der Waals surface area contributed by atoms with Crippen LogP contribution in [-0.4, -0.2) is 27.4 Å². The molecule has 0 saturated heterocycles. The number of rotatable bonds is 5. The molecular formula is C13H14N4O3. The molecule has 0 bridgehead atoms. The summed E-state index contributed by atoms with van der Waals surface area (Å²) in [5.74, 6) is 0.467. The Kier molecular flexibility index (Phi) is 4.09.